The van der Waals surface area contributed by atoms with E-state index in [4.69, 9.17) is 0 Å². The van der Waals surface area contributed by atoms with E-state index < -0.39 is 0 Å². The van der Waals surface area contributed by atoms with Crippen molar-refractivity contribution in [1.29, 1.82) is 0 Å². The van der Waals surface area contributed by atoms with Crippen LogP contribution in [-0.2, 0) is 0 Å². The molecule has 0 rings (SSSR count). The summed E-state index contributed by atoms with van der Waals surface area (Å²) in [7, 11) is 0. The predicted molar refractivity (Wildman–Crippen MR) is 227 cm³/mol. The number of nitrogens with one attached hydrogen (secondary N) is 1. The quantitative estimate of drug-likeness (QED) is 0.0630. The second kappa shape index (κ2) is 47.3. The molecule has 0 spiro atoms. The summed E-state index contributed by atoms with van der Waals surface area (Å²) in [5.41, 5.74) is 0. The molecule has 1 heteroatoms. The monoisotopic (exact) mass is 686 g/mol. The van der Waals surface area contributed by atoms with Crippen molar-refractivity contribution in [1.82, 2.24) is 5.32 Å². The van der Waals surface area contributed by atoms with Crippen molar-refractivity contribution in [2.24, 2.45) is 0 Å². The average Bonchev–Trinajstić information content (AvgIpc) is 3.11. The Morgan fingerprint density at radius 2 is 0.388 bits per heavy atom. The molecule has 0 aromatic carbocycles. The third-order valence-electron chi connectivity index (χ3n) is 10.9. The van der Waals surface area contributed by atoms with E-state index in [0.29, 0.717) is 0 Å². The van der Waals surface area contributed by atoms with Gasteiger partial charge in [0.25, 0.3) is 0 Å². The van der Waals surface area contributed by atoms with Crippen LogP contribution in [0.15, 0.2) is 24.6 Å². The van der Waals surface area contributed by atoms with Gasteiger partial charge in [-0.25, -0.2) is 0 Å². The fourth-order valence-electron chi connectivity index (χ4n) is 7.39. The molecule has 0 saturated heterocycles. The summed E-state index contributed by atoms with van der Waals surface area (Å²) in [6.45, 7) is 4.61. The van der Waals surface area contributed by atoms with Crippen LogP contribution in [0.25, 0.3) is 0 Å². The molecule has 0 aliphatic rings. The largest absolute Gasteiger partial charge is 0.368 e. The Bertz CT molecular complexity index is 554. The summed E-state index contributed by atoms with van der Waals surface area (Å²) in [5.74, 6) is 0. The number of allylic oxidation sites excluding steroid dienone is 2. The lowest BCUT2D eigenvalue weighted by molar-refractivity contribution is 0.522. The summed E-state index contributed by atoms with van der Waals surface area (Å²) >= 11 is 0. The molecular weight excluding hydrogens is 591 g/mol. The van der Waals surface area contributed by atoms with Crippen molar-refractivity contribution >= 4 is 0 Å². The normalized spacial score (nSPS) is 11.9. The third-order valence-corrected chi connectivity index (χ3v) is 10.9. The molecule has 0 heterocycles. The van der Waals surface area contributed by atoms with Crippen LogP contribution in [0, 0.1) is 0 Å². The maximum absolute atomic E-state index is 3.35. The van der Waals surface area contributed by atoms with Gasteiger partial charge in [0.2, 0.25) is 0 Å². The Hall–Kier alpha value is -0.720. The highest BCUT2D eigenvalue weighted by Crippen LogP contribution is 2.17. The minimum absolute atomic E-state index is 1.22. The SMILES string of the molecule is CCCCCCCCCCCCCCCCCCCCCCC=CNC=CCCCCCCCCCCCCCCCCCCCCCC. The van der Waals surface area contributed by atoms with Gasteiger partial charge in [-0.3, -0.25) is 0 Å². The zero-order valence-electron chi connectivity index (χ0n) is 34.5. The molecule has 49 heavy (non-hydrogen) atoms. The molecule has 0 bridgehead atoms. The maximum atomic E-state index is 3.35. The first kappa shape index (κ1) is 48.3. The Morgan fingerprint density at radius 1 is 0.224 bits per heavy atom. The van der Waals surface area contributed by atoms with E-state index in [9.17, 15) is 0 Å². The maximum Gasteiger partial charge on any atom is -0.00358 e. The van der Waals surface area contributed by atoms with Crippen molar-refractivity contribution in [3.8, 4) is 0 Å². The molecule has 1 N–H and O–H groups in total. The van der Waals surface area contributed by atoms with Crippen molar-refractivity contribution in [3.63, 3.8) is 0 Å². The Balaban J connectivity index is 3.14. The second-order valence-corrected chi connectivity index (χ2v) is 16.0. The molecule has 0 aliphatic heterocycles. The van der Waals surface area contributed by atoms with Gasteiger partial charge in [-0.1, -0.05) is 270 Å². The first-order valence-corrected chi connectivity index (χ1v) is 23.5. The summed E-state index contributed by atoms with van der Waals surface area (Å²) in [5, 5.41) is 3.35. The summed E-state index contributed by atoms with van der Waals surface area (Å²) in [6, 6.07) is 0. The molecule has 0 saturated carbocycles. The van der Waals surface area contributed by atoms with Crippen LogP contribution < -0.4 is 5.32 Å². The average molecular weight is 686 g/mol. The van der Waals surface area contributed by atoms with Crippen LogP contribution in [-0.4, -0.2) is 0 Å². The zero-order chi connectivity index (χ0) is 35.2. The van der Waals surface area contributed by atoms with E-state index in [1.165, 1.54) is 270 Å². The van der Waals surface area contributed by atoms with Crippen LogP contribution in [0.1, 0.15) is 284 Å². The predicted octanol–water partition coefficient (Wildman–Crippen LogP) is 18.0. The Labute approximate surface area is 312 Å². The minimum Gasteiger partial charge on any atom is -0.368 e. The molecule has 0 atom stereocenters. The fourth-order valence-corrected chi connectivity index (χ4v) is 7.39. The van der Waals surface area contributed by atoms with Gasteiger partial charge in [0.1, 0.15) is 0 Å². The highest BCUT2D eigenvalue weighted by Gasteiger charge is 1.97. The van der Waals surface area contributed by atoms with Gasteiger partial charge >= 0.3 is 0 Å². The van der Waals surface area contributed by atoms with Crippen LogP contribution >= 0.6 is 0 Å². The van der Waals surface area contributed by atoms with E-state index in [0.717, 1.165) is 0 Å². The van der Waals surface area contributed by atoms with Crippen LogP contribution in [0.5, 0.6) is 0 Å². The Kier molecular flexibility index (Phi) is 46.6. The molecule has 292 valence electrons. The smallest absolute Gasteiger partial charge is 0.00358 e. The summed E-state index contributed by atoms with van der Waals surface area (Å²) in [6.07, 6.45) is 69.5. The number of hydrogen-bond acceptors (Lipinski definition) is 1. The van der Waals surface area contributed by atoms with Crippen LogP contribution in [0.3, 0.4) is 0 Å². The lowest BCUT2D eigenvalue weighted by Crippen LogP contribution is -1.91. The standard InChI is InChI=1S/C48H95N/c1-3-5-7-9-11-13-15-17-19-21-23-25-27-29-31-33-35-37-39-41-43-45-47-49-48-46-44-42-40-38-36-34-32-30-28-26-24-22-20-18-16-14-12-10-8-6-4-2/h45-49H,3-44H2,1-2H3. The second-order valence-electron chi connectivity index (χ2n) is 16.0. The first-order chi connectivity index (χ1) is 24.4. The third kappa shape index (κ3) is 47.3. The van der Waals surface area contributed by atoms with E-state index in [-0.39, 0.29) is 0 Å². The van der Waals surface area contributed by atoms with Crippen LogP contribution in [0.2, 0.25) is 0 Å². The fraction of sp³-hybridized carbons (Fsp3) is 0.917. The molecule has 1 nitrogen and oxygen atoms in total. The lowest BCUT2D eigenvalue weighted by atomic mass is 10.0. The molecule has 0 fully saturated rings. The van der Waals surface area contributed by atoms with Crippen molar-refractivity contribution in [2.45, 2.75) is 284 Å². The van der Waals surface area contributed by atoms with Gasteiger partial charge in [-0.15, -0.1) is 0 Å². The molecule has 0 radical (unpaired) electrons. The molecule has 0 unspecified atom stereocenters. The van der Waals surface area contributed by atoms with E-state index >= 15 is 0 Å². The van der Waals surface area contributed by atoms with Gasteiger partial charge in [0, 0.05) is 0 Å². The summed E-state index contributed by atoms with van der Waals surface area (Å²) in [4.78, 5) is 0. The first-order valence-electron chi connectivity index (χ1n) is 23.5. The topological polar surface area (TPSA) is 12.0 Å². The highest BCUT2D eigenvalue weighted by molar-refractivity contribution is 4.88. The molecular formula is C48H95N. The molecule has 0 aromatic rings. The lowest BCUT2D eigenvalue weighted by Gasteiger charge is -2.04. The number of unbranched alkanes of at least 4 members (excludes halogenated alkanes) is 40. The van der Waals surface area contributed by atoms with Gasteiger partial charge in [-0.05, 0) is 38.1 Å². The zero-order valence-corrected chi connectivity index (χ0v) is 34.5. The minimum atomic E-state index is 1.22. The molecule has 0 amide bonds. The van der Waals surface area contributed by atoms with Gasteiger partial charge in [-0.2, -0.15) is 0 Å². The Morgan fingerprint density at radius 3 is 0.571 bits per heavy atom. The highest BCUT2D eigenvalue weighted by atomic mass is 14.8. The summed E-state index contributed by atoms with van der Waals surface area (Å²) < 4.78 is 0. The van der Waals surface area contributed by atoms with Gasteiger partial charge in [0.15, 0.2) is 0 Å². The van der Waals surface area contributed by atoms with Crippen molar-refractivity contribution in [3.05, 3.63) is 24.6 Å². The van der Waals surface area contributed by atoms with Crippen molar-refractivity contribution in [2.75, 3.05) is 0 Å². The number of hydrogen-bond donors (Lipinski definition) is 1. The van der Waals surface area contributed by atoms with Crippen molar-refractivity contribution < 1.29 is 0 Å². The van der Waals surface area contributed by atoms with Crippen LogP contribution in [0.4, 0.5) is 0 Å². The van der Waals surface area contributed by atoms with E-state index in [1.54, 1.807) is 0 Å². The number of rotatable bonds is 44. The van der Waals surface area contributed by atoms with Gasteiger partial charge in [0.05, 0.1) is 0 Å². The molecule has 0 aliphatic carbocycles. The van der Waals surface area contributed by atoms with E-state index in [1.807, 2.05) is 0 Å². The molecule has 0 aromatic heterocycles. The van der Waals surface area contributed by atoms with Gasteiger partial charge < -0.3 is 5.32 Å². The van der Waals surface area contributed by atoms with E-state index in [2.05, 4.69) is 43.7 Å².